The summed E-state index contributed by atoms with van der Waals surface area (Å²) in [5.41, 5.74) is -1.26. The number of hydrogen-bond acceptors (Lipinski definition) is 4. The minimum absolute atomic E-state index is 0.0256. The lowest BCUT2D eigenvalue weighted by Crippen LogP contribution is -2.20. The highest BCUT2D eigenvalue weighted by atomic mass is 19.4. The van der Waals surface area contributed by atoms with E-state index in [0.717, 1.165) is 12.1 Å². The van der Waals surface area contributed by atoms with Crippen molar-refractivity contribution in [3.63, 3.8) is 0 Å². The van der Waals surface area contributed by atoms with Crippen LogP contribution in [0.5, 0.6) is 0 Å². The van der Waals surface area contributed by atoms with Crippen LogP contribution in [0.4, 0.5) is 18.9 Å². The van der Waals surface area contributed by atoms with Gasteiger partial charge in [-0.25, -0.2) is 0 Å². The molecule has 0 heterocycles. The van der Waals surface area contributed by atoms with Crippen molar-refractivity contribution in [3.8, 4) is 6.07 Å². The van der Waals surface area contributed by atoms with Gasteiger partial charge in [-0.05, 0) is 25.1 Å². The summed E-state index contributed by atoms with van der Waals surface area (Å²) in [4.78, 5) is 11.1. The molecule has 0 aliphatic rings. The summed E-state index contributed by atoms with van der Waals surface area (Å²) < 4.78 is 42.8. The summed E-state index contributed by atoms with van der Waals surface area (Å²) in [5, 5.41) is 11.4. The zero-order valence-electron chi connectivity index (χ0n) is 10.9. The van der Waals surface area contributed by atoms with E-state index >= 15 is 0 Å². The SMILES string of the molecule is COC(=O)CC(C)Nc1ccc(C#N)c(C(F)(F)F)c1. The fourth-order valence-electron chi connectivity index (χ4n) is 1.63. The van der Waals surface area contributed by atoms with E-state index in [1.165, 1.54) is 19.2 Å². The average Bonchev–Trinajstić information content (AvgIpc) is 2.37. The Bertz CT molecular complexity index is 535. The Labute approximate surface area is 114 Å². The van der Waals surface area contributed by atoms with E-state index in [9.17, 15) is 18.0 Å². The van der Waals surface area contributed by atoms with Gasteiger partial charge in [0.1, 0.15) is 0 Å². The number of alkyl halides is 3. The van der Waals surface area contributed by atoms with Crippen LogP contribution in [0.2, 0.25) is 0 Å². The van der Waals surface area contributed by atoms with Crippen molar-refractivity contribution >= 4 is 11.7 Å². The number of nitrogens with zero attached hydrogens (tertiary/aromatic N) is 1. The second-order valence-electron chi connectivity index (χ2n) is 4.20. The summed E-state index contributed by atoms with van der Waals surface area (Å²) in [6.07, 6.45) is -4.58. The van der Waals surface area contributed by atoms with Crippen LogP contribution in [-0.4, -0.2) is 19.1 Å². The van der Waals surface area contributed by atoms with E-state index in [-0.39, 0.29) is 12.1 Å². The third-order valence-corrected chi connectivity index (χ3v) is 2.56. The topological polar surface area (TPSA) is 62.1 Å². The van der Waals surface area contributed by atoms with Crippen molar-refractivity contribution in [1.82, 2.24) is 0 Å². The van der Waals surface area contributed by atoms with E-state index in [1.807, 2.05) is 0 Å². The van der Waals surface area contributed by atoms with E-state index in [0.29, 0.717) is 0 Å². The van der Waals surface area contributed by atoms with Crippen LogP contribution in [0.25, 0.3) is 0 Å². The molecular formula is C13H13F3N2O2. The molecule has 0 aromatic heterocycles. The first-order valence-corrected chi connectivity index (χ1v) is 5.72. The van der Waals surface area contributed by atoms with Crippen molar-refractivity contribution in [3.05, 3.63) is 29.3 Å². The number of carbonyl (C=O) groups is 1. The predicted octanol–water partition coefficient (Wildman–Crippen LogP) is 2.94. The zero-order chi connectivity index (χ0) is 15.3. The van der Waals surface area contributed by atoms with E-state index in [2.05, 4.69) is 10.1 Å². The number of nitrogens with one attached hydrogen (secondary N) is 1. The molecule has 20 heavy (non-hydrogen) atoms. The molecule has 0 saturated carbocycles. The van der Waals surface area contributed by atoms with Crippen molar-refractivity contribution < 1.29 is 22.7 Å². The molecule has 0 fully saturated rings. The second-order valence-corrected chi connectivity index (χ2v) is 4.20. The van der Waals surface area contributed by atoms with Crippen molar-refractivity contribution in [2.45, 2.75) is 25.6 Å². The standard InChI is InChI=1S/C13H13F3N2O2/c1-8(5-12(19)20-2)18-10-4-3-9(7-17)11(6-10)13(14,15)16/h3-4,6,8,18H,5H2,1-2H3. The van der Waals surface area contributed by atoms with E-state index in [1.54, 1.807) is 6.92 Å². The summed E-state index contributed by atoms with van der Waals surface area (Å²) in [5.74, 6) is -0.463. The first-order valence-electron chi connectivity index (χ1n) is 5.72. The van der Waals surface area contributed by atoms with E-state index < -0.39 is 29.3 Å². The van der Waals surface area contributed by atoms with Crippen molar-refractivity contribution in [2.75, 3.05) is 12.4 Å². The van der Waals surface area contributed by atoms with Crippen LogP contribution < -0.4 is 5.32 Å². The molecule has 1 aromatic carbocycles. The Morgan fingerprint density at radius 1 is 1.50 bits per heavy atom. The molecular weight excluding hydrogens is 273 g/mol. The van der Waals surface area contributed by atoms with Crippen LogP contribution in [0.3, 0.4) is 0 Å². The monoisotopic (exact) mass is 286 g/mol. The van der Waals surface area contributed by atoms with Crippen LogP contribution in [0.1, 0.15) is 24.5 Å². The van der Waals surface area contributed by atoms with Gasteiger partial charge in [-0.1, -0.05) is 0 Å². The van der Waals surface area contributed by atoms with Gasteiger partial charge < -0.3 is 10.1 Å². The lowest BCUT2D eigenvalue weighted by Gasteiger charge is -2.16. The fourth-order valence-corrected chi connectivity index (χ4v) is 1.63. The van der Waals surface area contributed by atoms with Gasteiger partial charge in [-0.2, -0.15) is 18.4 Å². The smallest absolute Gasteiger partial charge is 0.417 e. The molecule has 0 saturated heterocycles. The maximum Gasteiger partial charge on any atom is 0.417 e. The van der Waals surface area contributed by atoms with Crippen LogP contribution in [0, 0.1) is 11.3 Å². The Morgan fingerprint density at radius 2 is 2.15 bits per heavy atom. The van der Waals surface area contributed by atoms with Gasteiger partial charge in [0.2, 0.25) is 0 Å². The predicted molar refractivity (Wildman–Crippen MR) is 65.9 cm³/mol. The van der Waals surface area contributed by atoms with Gasteiger partial charge in [0.05, 0.1) is 30.7 Å². The molecule has 0 amide bonds. The number of rotatable bonds is 4. The molecule has 0 spiro atoms. The van der Waals surface area contributed by atoms with Gasteiger partial charge in [0.15, 0.2) is 0 Å². The van der Waals surface area contributed by atoms with Gasteiger partial charge in [0, 0.05) is 11.7 Å². The molecule has 1 aromatic rings. The number of halogens is 3. The lowest BCUT2D eigenvalue weighted by molar-refractivity contribution is -0.141. The molecule has 0 bridgehead atoms. The lowest BCUT2D eigenvalue weighted by atomic mass is 10.1. The number of hydrogen-bond donors (Lipinski definition) is 1. The molecule has 1 unspecified atom stereocenters. The quantitative estimate of drug-likeness (QED) is 0.864. The van der Waals surface area contributed by atoms with Crippen LogP contribution >= 0.6 is 0 Å². The summed E-state index contributed by atoms with van der Waals surface area (Å²) in [6, 6.07) is 4.42. The Morgan fingerprint density at radius 3 is 2.65 bits per heavy atom. The Balaban J connectivity index is 2.93. The Kier molecular flexibility index (Phi) is 4.97. The number of carbonyl (C=O) groups excluding carboxylic acids is 1. The molecule has 4 nitrogen and oxygen atoms in total. The maximum atomic E-state index is 12.8. The first kappa shape index (κ1) is 15.8. The third-order valence-electron chi connectivity index (χ3n) is 2.56. The highest BCUT2D eigenvalue weighted by Gasteiger charge is 2.33. The molecule has 0 aliphatic carbocycles. The molecule has 1 N–H and O–H groups in total. The molecule has 0 radical (unpaired) electrons. The molecule has 1 rings (SSSR count). The molecule has 108 valence electrons. The van der Waals surface area contributed by atoms with Crippen LogP contribution in [-0.2, 0) is 15.7 Å². The van der Waals surface area contributed by atoms with E-state index in [4.69, 9.17) is 5.26 Å². The normalized spacial score (nSPS) is 12.4. The largest absolute Gasteiger partial charge is 0.469 e. The minimum atomic E-state index is -4.60. The van der Waals surface area contributed by atoms with Gasteiger partial charge in [-0.15, -0.1) is 0 Å². The fraction of sp³-hybridized carbons (Fsp3) is 0.385. The number of benzene rings is 1. The van der Waals surface area contributed by atoms with Gasteiger partial charge >= 0.3 is 12.1 Å². The molecule has 7 heteroatoms. The average molecular weight is 286 g/mol. The number of esters is 1. The third kappa shape index (κ3) is 4.16. The molecule has 0 aliphatic heterocycles. The summed E-state index contributed by atoms with van der Waals surface area (Å²) in [6.45, 7) is 1.64. The zero-order valence-corrected chi connectivity index (χ0v) is 10.9. The number of ether oxygens (including phenoxy) is 1. The number of nitriles is 1. The highest BCUT2D eigenvalue weighted by molar-refractivity contribution is 5.70. The van der Waals surface area contributed by atoms with Crippen molar-refractivity contribution in [2.24, 2.45) is 0 Å². The van der Waals surface area contributed by atoms with Crippen molar-refractivity contribution in [1.29, 1.82) is 5.26 Å². The Hall–Kier alpha value is -2.23. The highest BCUT2D eigenvalue weighted by Crippen LogP contribution is 2.33. The molecule has 1 atom stereocenters. The summed E-state index contributed by atoms with van der Waals surface area (Å²) >= 11 is 0. The van der Waals surface area contributed by atoms with Gasteiger partial charge in [-0.3, -0.25) is 4.79 Å². The van der Waals surface area contributed by atoms with Crippen LogP contribution in [0.15, 0.2) is 18.2 Å². The summed E-state index contributed by atoms with van der Waals surface area (Å²) in [7, 11) is 1.23. The second kappa shape index (κ2) is 6.28. The minimum Gasteiger partial charge on any atom is -0.469 e. The first-order chi connectivity index (χ1) is 9.27. The van der Waals surface area contributed by atoms with Gasteiger partial charge in [0.25, 0.3) is 0 Å². The number of methoxy groups -OCH3 is 1. The maximum absolute atomic E-state index is 12.8. The number of anilines is 1.